The first-order chi connectivity index (χ1) is 14.1. The van der Waals surface area contributed by atoms with Crippen LogP contribution in [0.1, 0.15) is 11.3 Å². The highest BCUT2D eigenvalue weighted by molar-refractivity contribution is 5.89. The Hall–Kier alpha value is -3.19. The molecule has 1 fully saturated rings. The fraction of sp³-hybridized carbons (Fsp3) is 0.318. The molecule has 0 spiro atoms. The molecule has 7 heteroatoms. The van der Waals surface area contributed by atoms with Crippen molar-refractivity contribution in [2.75, 3.05) is 31.2 Å². The Morgan fingerprint density at radius 3 is 2.66 bits per heavy atom. The SMILES string of the molecule is Cc1ccc2cc(-c3nccn3-c3cn(C)nc3C)c(N3CCOCC3)nc2c1. The van der Waals surface area contributed by atoms with Gasteiger partial charge in [-0.05, 0) is 31.5 Å². The summed E-state index contributed by atoms with van der Waals surface area (Å²) >= 11 is 0. The van der Waals surface area contributed by atoms with Crippen LogP contribution in [0, 0.1) is 13.8 Å². The zero-order chi connectivity index (χ0) is 20.0. The minimum absolute atomic E-state index is 0.711. The monoisotopic (exact) mass is 388 g/mol. The second-order valence-corrected chi connectivity index (χ2v) is 7.55. The molecule has 3 aromatic heterocycles. The Labute approximate surface area is 169 Å². The van der Waals surface area contributed by atoms with Crippen LogP contribution >= 0.6 is 0 Å². The molecule has 0 bridgehead atoms. The molecule has 4 heterocycles. The van der Waals surface area contributed by atoms with Gasteiger partial charge in [-0.3, -0.25) is 9.25 Å². The summed E-state index contributed by atoms with van der Waals surface area (Å²) in [5, 5.41) is 5.61. The van der Waals surface area contributed by atoms with E-state index in [1.807, 2.05) is 37.2 Å². The van der Waals surface area contributed by atoms with Crippen LogP contribution in [0.25, 0.3) is 28.0 Å². The molecule has 0 N–H and O–H groups in total. The van der Waals surface area contributed by atoms with Crippen LogP contribution in [0.4, 0.5) is 5.82 Å². The van der Waals surface area contributed by atoms with Crippen LogP contribution in [0.3, 0.4) is 0 Å². The van der Waals surface area contributed by atoms with E-state index in [1.54, 1.807) is 0 Å². The van der Waals surface area contributed by atoms with Crippen LogP contribution in [-0.4, -0.2) is 50.6 Å². The van der Waals surface area contributed by atoms with Gasteiger partial charge in [0.2, 0.25) is 0 Å². The summed E-state index contributed by atoms with van der Waals surface area (Å²) < 4.78 is 9.50. The number of ether oxygens (including phenoxy) is 1. The molecule has 5 rings (SSSR count). The number of pyridine rings is 1. The lowest BCUT2D eigenvalue weighted by molar-refractivity contribution is 0.122. The molecule has 4 aromatic rings. The van der Waals surface area contributed by atoms with E-state index in [9.17, 15) is 0 Å². The highest BCUT2D eigenvalue weighted by Gasteiger charge is 2.22. The lowest BCUT2D eigenvalue weighted by Gasteiger charge is -2.29. The standard InChI is InChI=1S/C22H24N6O/c1-15-4-5-17-13-18(22(24-19(17)12-15)27-8-10-29-11-9-27)21-23-6-7-28(21)20-14-26(3)25-16(20)2/h4-7,12-14H,8-11H2,1-3H3. The van der Waals surface area contributed by atoms with Crippen LogP contribution in [0.15, 0.2) is 42.9 Å². The number of nitrogens with zero attached hydrogens (tertiary/aromatic N) is 6. The van der Waals surface area contributed by atoms with Gasteiger partial charge in [0, 0.05) is 44.1 Å². The molecule has 0 saturated carbocycles. The number of benzene rings is 1. The summed E-state index contributed by atoms with van der Waals surface area (Å²) in [5.41, 5.74) is 5.22. The fourth-order valence-electron chi connectivity index (χ4n) is 3.97. The summed E-state index contributed by atoms with van der Waals surface area (Å²) in [7, 11) is 1.94. The molecule has 0 unspecified atom stereocenters. The smallest absolute Gasteiger partial charge is 0.148 e. The van der Waals surface area contributed by atoms with Crippen LogP contribution in [-0.2, 0) is 11.8 Å². The van der Waals surface area contributed by atoms with Crippen LogP contribution in [0.5, 0.6) is 0 Å². The Kier molecular flexibility index (Phi) is 4.32. The van der Waals surface area contributed by atoms with Gasteiger partial charge in [-0.2, -0.15) is 5.10 Å². The Morgan fingerprint density at radius 1 is 1.07 bits per heavy atom. The van der Waals surface area contributed by atoms with Crippen molar-refractivity contribution >= 4 is 16.7 Å². The first-order valence-electron chi connectivity index (χ1n) is 9.88. The summed E-state index contributed by atoms with van der Waals surface area (Å²) in [6.07, 6.45) is 5.85. The molecular weight excluding hydrogens is 364 g/mol. The second kappa shape index (κ2) is 7.00. The lowest BCUT2D eigenvalue weighted by atomic mass is 10.1. The summed E-state index contributed by atoms with van der Waals surface area (Å²) in [4.78, 5) is 12.1. The molecule has 29 heavy (non-hydrogen) atoms. The molecule has 1 aromatic carbocycles. The van der Waals surface area contributed by atoms with Gasteiger partial charge in [-0.1, -0.05) is 12.1 Å². The van der Waals surface area contributed by atoms with Gasteiger partial charge < -0.3 is 9.64 Å². The van der Waals surface area contributed by atoms with E-state index in [2.05, 4.69) is 45.8 Å². The first-order valence-corrected chi connectivity index (χ1v) is 9.88. The van der Waals surface area contributed by atoms with Crippen molar-refractivity contribution in [3.05, 3.63) is 54.1 Å². The van der Waals surface area contributed by atoms with Crippen molar-refractivity contribution in [3.8, 4) is 17.1 Å². The van der Waals surface area contributed by atoms with Crippen molar-refractivity contribution in [3.63, 3.8) is 0 Å². The topological polar surface area (TPSA) is 61.0 Å². The zero-order valence-corrected chi connectivity index (χ0v) is 17.0. The van der Waals surface area contributed by atoms with Crippen molar-refractivity contribution in [1.29, 1.82) is 0 Å². The lowest BCUT2D eigenvalue weighted by Crippen LogP contribution is -2.37. The third-order valence-corrected chi connectivity index (χ3v) is 5.39. The molecule has 1 aliphatic rings. The van der Waals surface area contributed by atoms with Crippen molar-refractivity contribution < 1.29 is 4.74 Å². The van der Waals surface area contributed by atoms with E-state index in [-0.39, 0.29) is 0 Å². The number of anilines is 1. The van der Waals surface area contributed by atoms with Gasteiger partial charge in [0.05, 0.1) is 35.7 Å². The number of hydrogen-bond donors (Lipinski definition) is 0. The van der Waals surface area contributed by atoms with Crippen LogP contribution < -0.4 is 4.90 Å². The number of morpholine rings is 1. The Bertz CT molecular complexity index is 1190. The molecule has 0 radical (unpaired) electrons. The van der Waals surface area contributed by atoms with Gasteiger partial charge in [0.1, 0.15) is 11.6 Å². The zero-order valence-electron chi connectivity index (χ0n) is 17.0. The molecule has 0 amide bonds. The van der Waals surface area contributed by atoms with Gasteiger partial charge in [-0.15, -0.1) is 0 Å². The van der Waals surface area contributed by atoms with Gasteiger partial charge >= 0.3 is 0 Å². The van der Waals surface area contributed by atoms with E-state index in [1.165, 1.54) is 5.56 Å². The number of imidazole rings is 1. The van der Waals surface area contributed by atoms with Crippen molar-refractivity contribution in [2.24, 2.45) is 7.05 Å². The molecule has 0 atom stereocenters. The predicted octanol–water partition coefficient (Wildman–Crippen LogP) is 3.27. The van der Waals surface area contributed by atoms with Gasteiger partial charge in [0.25, 0.3) is 0 Å². The summed E-state index contributed by atoms with van der Waals surface area (Å²) in [6, 6.07) is 8.60. The van der Waals surface area contributed by atoms with Gasteiger partial charge in [-0.25, -0.2) is 9.97 Å². The highest BCUT2D eigenvalue weighted by Crippen LogP contribution is 2.34. The quantitative estimate of drug-likeness (QED) is 0.539. The number of aromatic nitrogens is 5. The molecule has 7 nitrogen and oxygen atoms in total. The molecule has 1 saturated heterocycles. The minimum Gasteiger partial charge on any atom is -0.378 e. The Balaban J connectivity index is 1.73. The van der Waals surface area contributed by atoms with E-state index in [0.29, 0.717) is 13.2 Å². The van der Waals surface area contributed by atoms with E-state index < -0.39 is 0 Å². The summed E-state index contributed by atoms with van der Waals surface area (Å²) in [6.45, 7) is 7.19. The first kappa shape index (κ1) is 17.9. The highest BCUT2D eigenvalue weighted by atomic mass is 16.5. The van der Waals surface area contributed by atoms with Gasteiger partial charge in [0.15, 0.2) is 0 Å². The molecule has 1 aliphatic heterocycles. The Morgan fingerprint density at radius 2 is 1.90 bits per heavy atom. The average Bonchev–Trinajstić information content (AvgIpc) is 3.33. The molecule has 0 aliphatic carbocycles. The summed E-state index contributed by atoms with van der Waals surface area (Å²) in [5.74, 6) is 1.83. The maximum atomic E-state index is 5.57. The third kappa shape index (κ3) is 3.17. The second-order valence-electron chi connectivity index (χ2n) is 7.55. The van der Waals surface area contributed by atoms with E-state index in [0.717, 1.165) is 52.6 Å². The number of hydrogen-bond acceptors (Lipinski definition) is 5. The third-order valence-electron chi connectivity index (χ3n) is 5.39. The van der Waals surface area contributed by atoms with E-state index in [4.69, 9.17) is 14.7 Å². The normalized spacial score (nSPS) is 14.7. The molecule has 148 valence electrons. The van der Waals surface area contributed by atoms with Crippen molar-refractivity contribution in [2.45, 2.75) is 13.8 Å². The average molecular weight is 388 g/mol. The predicted molar refractivity (Wildman–Crippen MR) is 114 cm³/mol. The number of rotatable bonds is 3. The largest absolute Gasteiger partial charge is 0.378 e. The number of fused-ring (bicyclic) bond motifs is 1. The maximum Gasteiger partial charge on any atom is 0.148 e. The molecular formula is C22H24N6O. The van der Waals surface area contributed by atoms with Crippen molar-refractivity contribution in [1.82, 2.24) is 24.3 Å². The fourth-order valence-corrected chi connectivity index (χ4v) is 3.97. The van der Waals surface area contributed by atoms with Crippen LogP contribution in [0.2, 0.25) is 0 Å². The van der Waals surface area contributed by atoms with E-state index >= 15 is 0 Å². The number of aryl methyl sites for hydroxylation is 3. The minimum atomic E-state index is 0.711. The maximum absolute atomic E-state index is 5.57.